The molecule has 0 aromatic rings. The minimum absolute atomic E-state index is 0.594. The van der Waals surface area contributed by atoms with Crippen molar-refractivity contribution in [1.82, 2.24) is 5.48 Å². The molecule has 0 heterocycles. The molecule has 0 aliphatic rings. The number of aliphatic hydroxyl groups is 1. The maximum Gasteiger partial charge on any atom is 0.126 e. The van der Waals surface area contributed by atoms with Gasteiger partial charge in [-0.2, -0.15) is 5.48 Å². The van der Waals surface area contributed by atoms with E-state index in [2.05, 4.69) is 0 Å². The molecule has 0 fully saturated rings. The molecule has 0 spiro atoms. The molecular weight excluding hydrogens is 94.0 g/mol. The molecule has 0 aliphatic carbocycles. The van der Waals surface area contributed by atoms with E-state index < -0.39 is 6.23 Å². The van der Waals surface area contributed by atoms with Gasteiger partial charge in [0.1, 0.15) is 6.23 Å². The van der Waals surface area contributed by atoms with Crippen LogP contribution in [0.3, 0.4) is 0 Å². The SMILES string of the molecule is CCCC(O)NO. The van der Waals surface area contributed by atoms with Crippen molar-refractivity contribution in [2.24, 2.45) is 0 Å². The Kier molecular flexibility index (Phi) is 3.98. The first-order valence-electron chi connectivity index (χ1n) is 2.39. The van der Waals surface area contributed by atoms with Crippen LogP contribution < -0.4 is 5.48 Å². The maximum absolute atomic E-state index is 8.50. The molecule has 0 rings (SSSR count). The molecule has 1 atom stereocenters. The first kappa shape index (κ1) is 6.88. The Morgan fingerprint density at radius 3 is 2.43 bits per heavy atom. The van der Waals surface area contributed by atoms with Crippen molar-refractivity contribution >= 4 is 0 Å². The molecule has 0 aromatic heterocycles. The van der Waals surface area contributed by atoms with Crippen molar-refractivity contribution < 1.29 is 10.3 Å². The molecule has 0 bridgehead atoms. The lowest BCUT2D eigenvalue weighted by Crippen LogP contribution is -2.24. The molecule has 44 valence electrons. The van der Waals surface area contributed by atoms with Gasteiger partial charge in [0.25, 0.3) is 0 Å². The fourth-order valence-corrected chi connectivity index (χ4v) is 0.338. The molecule has 1 unspecified atom stereocenters. The van der Waals surface area contributed by atoms with Crippen molar-refractivity contribution in [3.8, 4) is 0 Å². The topological polar surface area (TPSA) is 52.5 Å². The molecule has 0 aliphatic heterocycles. The lowest BCUT2D eigenvalue weighted by atomic mass is 10.3. The Bertz CT molecular complexity index is 40.7. The predicted octanol–water partition coefficient (Wildman–Crippen LogP) is 0.0837. The third-order valence-electron chi connectivity index (χ3n) is 0.711. The van der Waals surface area contributed by atoms with Crippen molar-refractivity contribution in [3.63, 3.8) is 0 Å². The highest BCUT2D eigenvalue weighted by Gasteiger charge is 1.94. The second-order valence-corrected chi connectivity index (χ2v) is 1.43. The zero-order valence-electron chi connectivity index (χ0n) is 4.39. The van der Waals surface area contributed by atoms with Crippen molar-refractivity contribution in [3.05, 3.63) is 0 Å². The lowest BCUT2D eigenvalue weighted by Gasteiger charge is -2.02. The summed E-state index contributed by atoms with van der Waals surface area (Å²) >= 11 is 0. The Balaban J connectivity index is 2.83. The van der Waals surface area contributed by atoms with Gasteiger partial charge in [-0.3, -0.25) is 0 Å². The maximum atomic E-state index is 8.50. The van der Waals surface area contributed by atoms with Crippen LogP contribution in [0.25, 0.3) is 0 Å². The lowest BCUT2D eigenvalue weighted by molar-refractivity contribution is -0.00288. The van der Waals surface area contributed by atoms with Crippen LogP contribution in [0.15, 0.2) is 0 Å². The minimum Gasteiger partial charge on any atom is -0.377 e. The Labute approximate surface area is 42.9 Å². The average Bonchev–Trinajstić information content (AvgIpc) is 1.68. The first-order valence-corrected chi connectivity index (χ1v) is 2.39. The number of hydrogen-bond donors (Lipinski definition) is 3. The Morgan fingerprint density at radius 1 is 1.71 bits per heavy atom. The van der Waals surface area contributed by atoms with Crippen LogP contribution >= 0.6 is 0 Å². The number of hydrogen-bond acceptors (Lipinski definition) is 3. The van der Waals surface area contributed by atoms with Gasteiger partial charge in [0, 0.05) is 0 Å². The highest BCUT2D eigenvalue weighted by Crippen LogP contribution is 1.88. The largest absolute Gasteiger partial charge is 0.377 e. The van der Waals surface area contributed by atoms with Crippen LogP contribution in [0.1, 0.15) is 19.8 Å². The monoisotopic (exact) mass is 105 g/mol. The number of nitrogens with one attached hydrogen (secondary N) is 1. The molecule has 7 heavy (non-hydrogen) atoms. The van der Waals surface area contributed by atoms with Crippen molar-refractivity contribution in [1.29, 1.82) is 0 Å². The van der Waals surface area contributed by atoms with Crippen molar-refractivity contribution in [2.45, 2.75) is 26.0 Å². The number of aliphatic hydroxyl groups excluding tert-OH is 1. The van der Waals surface area contributed by atoms with Gasteiger partial charge < -0.3 is 10.3 Å². The molecule has 0 amide bonds. The zero-order chi connectivity index (χ0) is 5.70. The minimum atomic E-state index is -0.745. The van der Waals surface area contributed by atoms with E-state index in [0.717, 1.165) is 6.42 Å². The van der Waals surface area contributed by atoms with E-state index in [9.17, 15) is 0 Å². The molecule has 0 saturated heterocycles. The fraction of sp³-hybridized carbons (Fsp3) is 1.00. The molecule has 3 N–H and O–H groups in total. The van der Waals surface area contributed by atoms with Crippen LogP contribution in [0.5, 0.6) is 0 Å². The summed E-state index contributed by atoms with van der Waals surface area (Å²) in [5.41, 5.74) is 1.72. The van der Waals surface area contributed by atoms with Crippen molar-refractivity contribution in [2.75, 3.05) is 0 Å². The molecule has 0 aromatic carbocycles. The third-order valence-corrected chi connectivity index (χ3v) is 0.711. The summed E-state index contributed by atoms with van der Waals surface area (Å²) in [6.45, 7) is 1.93. The quantitative estimate of drug-likeness (QED) is 0.352. The molecule has 0 saturated carbocycles. The number of hydroxylamine groups is 1. The summed E-state index contributed by atoms with van der Waals surface area (Å²) in [6, 6.07) is 0. The second kappa shape index (κ2) is 4.05. The van der Waals surface area contributed by atoms with Gasteiger partial charge in [-0.1, -0.05) is 13.3 Å². The van der Waals surface area contributed by atoms with Crippen LogP contribution in [0.2, 0.25) is 0 Å². The van der Waals surface area contributed by atoms with Crippen LogP contribution in [-0.4, -0.2) is 16.5 Å². The predicted molar refractivity (Wildman–Crippen MR) is 25.8 cm³/mol. The van der Waals surface area contributed by atoms with Crippen LogP contribution in [0, 0.1) is 0 Å². The summed E-state index contributed by atoms with van der Waals surface area (Å²) in [5, 5.41) is 16.5. The van der Waals surface area contributed by atoms with E-state index in [1.54, 1.807) is 5.48 Å². The summed E-state index contributed by atoms with van der Waals surface area (Å²) < 4.78 is 0. The van der Waals surface area contributed by atoms with Gasteiger partial charge in [0.05, 0.1) is 0 Å². The highest BCUT2D eigenvalue weighted by atomic mass is 16.5. The summed E-state index contributed by atoms with van der Waals surface area (Å²) in [4.78, 5) is 0. The van der Waals surface area contributed by atoms with E-state index in [-0.39, 0.29) is 0 Å². The normalized spacial score (nSPS) is 14.1. The van der Waals surface area contributed by atoms with E-state index in [0.29, 0.717) is 6.42 Å². The fourth-order valence-electron chi connectivity index (χ4n) is 0.338. The van der Waals surface area contributed by atoms with Gasteiger partial charge in [0.15, 0.2) is 0 Å². The molecular formula is C4H11NO2. The van der Waals surface area contributed by atoms with E-state index >= 15 is 0 Å². The first-order chi connectivity index (χ1) is 3.31. The van der Waals surface area contributed by atoms with Gasteiger partial charge in [0.2, 0.25) is 0 Å². The second-order valence-electron chi connectivity index (χ2n) is 1.43. The average molecular weight is 105 g/mol. The van der Waals surface area contributed by atoms with Gasteiger partial charge in [-0.15, -0.1) is 0 Å². The summed E-state index contributed by atoms with van der Waals surface area (Å²) in [5.74, 6) is 0. The molecule has 3 nitrogen and oxygen atoms in total. The summed E-state index contributed by atoms with van der Waals surface area (Å²) in [6.07, 6.45) is 0.718. The smallest absolute Gasteiger partial charge is 0.126 e. The molecule has 3 heteroatoms. The van der Waals surface area contributed by atoms with Gasteiger partial charge in [-0.25, -0.2) is 0 Å². The zero-order valence-corrected chi connectivity index (χ0v) is 4.39. The summed E-state index contributed by atoms with van der Waals surface area (Å²) in [7, 11) is 0. The Morgan fingerprint density at radius 2 is 2.29 bits per heavy atom. The standard InChI is InChI=1S/C4H11NO2/c1-2-3-4(6)5-7/h4-7H,2-3H2,1H3. The van der Waals surface area contributed by atoms with E-state index in [1.165, 1.54) is 0 Å². The number of rotatable bonds is 3. The molecule has 0 radical (unpaired) electrons. The van der Waals surface area contributed by atoms with Gasteiger partial charge >= 0.3 is 0 Å². The third kappa shape index (κ3) is 3.72. The highest BCUT2D eigenvalue weighted by molar-refractivity contribution is 4.40. The van der Waals surface area contributed by atoms with E-state index in [1.807, 2.05) is 6.92 Å². The Hall–Kier alpha value is -0.120. The van der Waals surface area contributed by atoms with Crippen LogP contribution in [0.4, 0.5) is 0 Å². The van der Waals surface area contributed by atoms with Crippen LogP contribution in [-0.2, 0) is 0 Å². The van der Waals surface area contributed by atoms with Gasteiger partial charge in [-0.05, 0) is 6.42 Å². The van der Waals surface area contributed by atoms with E-state index in [4.69, 9.17) is 10.3 Å².